The lowest BCUT2D eigenvalue weighted by molar-refractivity contribution is -0.140. The number of rotatable bonds is 5. The van der Waals surface area contributed by atoms with Crippen LogP contribution in [0, 0.1) is 0 Å². The van der Waals surface area contributed by atoms with Crippen molar-refractivity contribution in [3.8, 4) is 0 Å². The smallest absolute Gasteiger partial charge is 0.239 e. The molecule has 0 aromatic heterocycles. The molecule has 5 heteroatoms. The fourth-order valence-electron chi connectivity index (χ4n) is 2.47. The largest absolute Gasteiger partial charge is 0.389 e. The summed E-state index contributed by atoms with van der Waals surface area (Å²) in [5.41, 5.74) is -0.863. The van der Waals surface area contributed by atoms with Crippen molar-refractivity contribution in [2.45, 2.75) is 64.0 Å². The maximum Gasteiger partial charge on any atom is 0.239 e. The standard InChI is InChI=1S/C14H26N2O3/c1-11(2)15-12(17)10-16(3)13(18)9-14(19)7-5-4-6-8-14/h11,19H,4-10H2,1-3H3,(H,15,17). The summed E-state index contributed by atoms with van der Waals surface area (Å²) in [7, 11) is 1.61. The van der Waals surface area contributed by atoms with Crippen molar-refractivity contribution in [1.29, 1.82) is 0 Å². The van der Waals surface area contributed by atoms with Gasteiger partial charge in [-0.15, -0.1) is 0 Å². The first-order valence-corrected chi connectivity index (χ1v) is 7.08. The van der Waals surface area contributed by atoms with Crippen LogP contribution >= 0.6 is 0 Å². The second kappa shape index (κ2) is 6.89. The Bertz CT molecular complexity index is 323. The Morgan fingerprint density at radius 2 is 1.84 bits per heavy atom. The Morgan fingerprint density at radius 3 is 2.37 bits per heavy atom. The highest BCUT2D eigenvalue weighted by atomic mass is 16.3. The Balaban J connectivity index is 2.41. The number of amides is 2. The van der Waals surface area contributed by atoms with Crippen LogP contribution in [0.4, 0.5) is 0 Å². The van der Waals surface area contributed by atoms with Crippen molar-refractivity contribution in [2.75, 3.05) is 13.6 Å². The zero-order valence-electron chi connectivity index (χ0n) is 12.2. The van der Waals surface area contributed by atoms with Crippen LogP contribution < -0.4 is 5.32 Å². The third-order valence-electron chi connectivity index (χ3n) is 3.52. The summed E-state index contributed by atoms with van der Waals surface area (Å²) in [6, 6.07) is 0.0681. The summed E-state index contributed by atoms with van der Waals surface area (Å²) >= 11 is 0. The average molecular weight is 270 g/mol. The van der Waals surface area contributed by atoms with Crippen LogP contribution in [0.5, 0.6) is 0 Å². The minimum Gasteiger partial charge on any atom is -0.389 e. The molecule has 1 rings (SSSR count). The quantitative estimate of drug-likeness (QED) is 0.784. The number of hydrogen-bond acceptors (Lipinski definition) is 3. The highest BCUT2D eigenvalue weighted by molar-refractivity contribution is 5.85. The molecule has 2 amide bonds. The first-order valence-electron chi connectivity index (χ1n) is 7.08. The lowest BCUT2D eigenvalue weighted by atomic mass is 9.82. The molecule has 0 aromatic rings. The molecule has 0 spiro atoms. The van der Waals surface area contributed by atoms with Gasteiger partial charge < -0.3 is 15.3 Å². The number of carbonyl (C=O) groups is 2. The van der Waals surface area contributed by atoms with Gasteiger partial charge in [0.15, 0.2) is 0 Å². The molecule has 1 saturated carbocycles. The second-order valence-electron chi connectivity index (χ2n) is 5.93. The van der Waals surface area contributed by atoms with Crippen molar-refractivity contribution in [3.05, 3.63) is 0 Å². The van der Waals surface area contributed by atoms with E-state index in [9.17, 15) is 14.7 Å². The fourth-order valence-corrected chi connectivity index (χ4v) is 2.47. The average Bonchev–Trinajstić information content (AvgIpc) is 2.27. The molecule has 0 radical (unpaired) electrons. The molecular formula is C14H26N2O3. The predicted molar refractivity (Wildman–Crippen MR) is 73.6 cm³/mol. The number of likely N-dealkylation sites (N-methyl/N-ethyl adjacent to an activating group) is 1. The van der Waals surface area contributed by atoms with E-state index in [1.54, 1.807) is 7.05 Å². The van der Waals surface area contributed by atoms with Crippen LogP contribution in [0.1, 0.15) is 52.4 Å². The predicted octanol–water partition coefficient (Wildman–Crippen LogP) is 1.05. The van der Waals surface area contributed by atoms with Crippen LogP contribution in [0.3, 0.4) is 0 Å². The van der Waals surface area contributed by atoms with Gasteiger partial charge in [0.25, 0.3) is 0 Å². The van der Waals surface area contributed by atoms with E-state index in [2.05, 4.69) is 5.32 Å². The van der Waals surface area contributed by atoms with Gasteiger partial charge in [-0.1, -0.05) is 19.3 Å². The highest BCUT2D eigenvalue weighted by Gasteiger charge is 2.32. The van der Waals surface area contributed by atoms with Crippen LogP contribution in [0.2, 0.25) is 0 Å². The van der Waals surface area contributed by atoms with Crippen molar-refractivity contribution in [3.63, 3.8) is 0 Å². The molecule has 0 aromatic carbocycles. The Hall–Kier alpha value is -1.10. The number of carbonyl (C=O) groups excluding carboxylic acids is 2. The molecule has 19 heavy (non-hydrogen) atoms. The van der Waals surface area contributed by atoms with E-state index in [0.29, 0.717) is 12.8 Å². The van der Waals surface area contributed by atoms with Gasteiger partial charge in [-0.3, -0.25) is 9.59 Å². The van der Waals surface area contributed by atoms with Crippen LogP contribution in [-0.2, 0) is 9.59 Å². The molecule has 0 heterocycles. The highest BCUT2D eigenvalue weighted by Crippen LogP contribution is 2.31. The van der Waals surface area contributed by atoms with E-state index in [0.717, 1.165) is 19.3 Å². The number of nitrogens with one attached hydrogen (secondary N) is 1. The van der Waals surface area contributed by atoms with E-state index in [1.165, 1.54) is 4.90 Å². The first kappa shape index (κ1) is 16.0. The van der Waals surface area contributed by atoms with E-state index in [-0.39, 0.29) is 30.8 Å². The van der Waals surface area contributed by atoms with Crippen LogP contribution in [0.25, 0.3) is 0 Å². The summed E-state index contributed by atoms with van der Waals surface area (Å²) < 4.78 is 0. The van der Waals surface area contributed by atoms with Gasteiger partial charge in [-0.05, 0) is 26.7 Å². The third kappa shape index (κ3) is 5.59. The molecule has 1 aliphatic rings. The second-order valence-corrected chi connectivity index (χ2v) is 5.93. The summed E-state index contributed by atoms with van der Waals surface area (Å²) in [6.07, 6.45) is 4.57. The molecule has 0 unspecified atom stereocenters. The molecule has 0 bridgehead atoms. The van der Waals surface area contributed by atoms with Gasteiger partial charge in [-0.2, -0.15) is 0 Å². The number of aliphatic hydroxyl groups is 1. The first-order chi connectivity index (χ1) is 8.82. The monoisotopic (exact) mass is 270 g/mol. The normalized spacial score (nSPS) is 18.2. The zero-order valence-corrected chi connectivity index (χ0v) is 12.2. The van der Waals surface area contributed by atoms with E-state index < -0.39 is 5.60 Å². The van der Waals surface area contributed by atoms with Gasteiger partial charge in [0.1, 0.15) is 0 Å². The molecular weight excluding hydrogens is 244 g/mol. The molecule has 0 saturated heterocycles. The van der Waals surface area contributed by atoms with Crippen molar-refractivity contribution in [2.24, 2.45) is 0 Å². The summed E-state index contributed by atoms with van der Waals surface area (Å²) in [5, 5.41) is 13.1. The summed E-state index contributed by atoms with van der Waals surface area (Å²) in [4.78, 5) is 25.0. The lowest BCUT2D eigenvalue weighted by Gasteiger charge is -2.32. The molecule has 1 aliphatic carbocycles. The summed E-state index contributed by atoms with van der Waals surface area (Å²) in [5.74, 6) is -0.329. The topological polar surface area (TPSA) is 69.6 Å². The van der Waals surface area contributed by atoms with Crippen LogP contribution in [0.15, 0.2) is 0 Å². The van der Waals surface area contributed by atoms with Gasteiger partial charge in [-0.25, -0.2) is 0 Å². The van der Waals surface area contributed by atoms with E-state index in [4.69, 9.17) is 0 Å². The van der Waals surface area contributed by atoms with Crippen molar-refractivity contribution in [1.82, 2.24) is 10.2 Å². The Labute approximate surface area is 115 Å². The minimum absolute atomic E-state index is 0.0487. The lowest BCUT2D eigenvalue weighted by Crippen LogP contribution is -2.44. The van der Waals surface area contributed by atoms with E-state index >= 15 is 0 Å². The molecule has 1 fully saturated rings. The molecule has 0 aliphatic heterocycles. The SMILES string of the molecule is CC(C)NC(=O)CN(C)C(=O)CC1(O)CCCCC1. The number of hydrogen-bond donors (Lipinski definition) is 2. The Morgan fingerprint density at radius 1 is 1.26 bits per heavy atom. The zero-order chi connectivity index (χ0) is 14.5. The number of nitrogens with zero attached hydrogens (tertiary/aromatic N) is 1. The maximum atomic E-state index is 12.0. The van der Waals surface area contributed by atoms with Crippen molar-refractivity contribution >= 4 is 11.8 Å². The Kier molecular flexibility index (Phi) is 5.79. The third-order valence-corrected chi connectivity index (χ3v) is 3.52. The molecule has 5 nitrogen and oxygen atoms in total. The molecule has 0 atom stereocenters. The maximum absolute atomic E-state index is 12.0. The molecule has 110 valence electrons. The van der Waals surface area contributed by atoms with Gasteiger partial charge >= 0.3 is 0 Å². The van der Waals surface area contributed by atoms with Crippen LogP contribution in [-0.4, -0.2) is 47.1 Å². The van der Waals surface area contributed by atoms with Gasteiger partial charge in [0.05, 0.1) is 18.6 Å². The van der Waals surface area contributed by atoms with Crippen molar-refractivity contribution < 1.29 is 14.7 Å². The summed E-state index contributed by atoms with van der Waals surface area (Å²) in [6.45, 7) is 3.81. The molecule has 2 N–H and O–H groups in total. The minimum atomic E-state index is -0.863. The van der Waals surface area contributed by atoms with E-state index in [1.807, 2.05) is 13.8 Å². The fraction of sp³-hybridized carbons (Fsp3) is 0.857. The van der Waals surface area contributed by atoms with Gasteiger partial charge in [0, 0.05) is 13.1 Å². The van der Waals surface area contributed by atoms with Gasteiger partial charge in [0.2, 0.25) is 11.8 Å².